The van der Waals surface area contributed by atoms with Crippen LogP contribution in [0.1, 0.15) is 12.5 Å². The monoisotopic (exact) mass is 401 g/mol. The van der Waals surface area contributed by atoms with Crippen molar-refractivity contribution in [3.63, 3.8) is 0 Å². The first kappa shape index (κ1) is 20.9. The lowest BCUT2D eigenvalue weighted by Gasteiger charge is -2.22. The zero-order valence-corrected chi connectivity index (χ0v) is 16.7. The lowest BCUT2D eigenvalue weighted by atomic mass is 10.2. The van der Waals surface area contributed by atoms with Gasteiger partial charge in [-0.25, -0.2) is 9.69 Å². The molecule has 5 heteroatoms. The number of hydrogen-bond acceptors (Lipinski definition) is 4. The fourth-order valence-electron chi connectivity index (χ4n) is 2.78. The quantitative estimate of drug-likeness (QED) is 0.490. The molecule has 3 aromatic carbocycles. The van der Waals surface area contributed by atoms with Gasteiger partial charge in [-0.2, -0.15) is 0 Å². The van der Waals surface area contributed by atoms with Crippen LogP contribution in [0.25, 0.3) is 6.08 Å². The highest BCUT2D eigenvalue weighted by Crippen LogP contribution is 2.25. The number of ether oxygens (including phenoxy) is 2. The molecule has 0 spiro atoms. The highest BCUT2D eigenvalue weighted by molar-refractivity contribution is 5.95. The summed E-state index contributed by atoms with van der Waals surface area (Å²) < 4.78 is 10.9. The minimum atomic E-state index is -0.462. The Hall–Kier alpha value is -3.86. The Balaban J connectivity index is 1.63. The highest BCUT2D eigenvalue weighted by atomic mass is 16.6. The summed E-state index contributed by atoms with van der Waals surface area (Å²) in [6.07, 6.45) is 3.13. The van der Waals surface area contributed by atoms with Crippen molar-refractivity contribution in [2.45, 2.75) is 6.92 Å². The third kappa shape index (κ3) is 6.07. The molecule has 0 aliphatic rings. The second-order valence-electron chi connectivity index (χ2n) is 6.55. The zero-order chi connectivity index (χ0) is 21.2. The van der Waals surface area contributed by atoms with Crippen LogP contribution in [0.2, 0.25) is 0 Å². The molecule has 1 amide bonds. The van der Waals surface area contributed by atoms with Crippen molar-refractivity contribution in [1.29, 1.82) is 0 Å². The number of carbonyl (C=O) groups excluding carboxylic acids is 2. The van der Waals surface area contributed by atoms with E-state index in [4.69, 9.17) is 9.47 Å². The van der Waals surface area contributed by atoms with E-state index in [9.17, 15) is 9.59 Å². The lowest BCUT2D eigenvalue weighted by Crippen LogP contribution is -2.26. The number of para-hydroxylation sites is 2. The number of benzene rings is 3. The lowest BCUT2D eigenvalue weighted by molar-refractivity contribution is -0.118. The molecule has 0 bridgehead atoms. The SMILES string of the molecule is CC(=O)COc1cccc(/C=C\COC(=O)N(c2ccccc2)c2ccccc2)c1. The predicted molar refractivity (Wildman–Crippen MR) is 118 cm³/mol. The Morgan fingerprint density at radius 3 is 2.10 bits per heavy atom. The first-order valence-electron chi connectivity index (χ1n) is 9.59. The van der Waals surface area contributed by atoms with E-state index in [-0.39, 0.29) is 19.0 Å². The van der Waals surface area contributed by atoms with Gasteiger partial charge in [-0.05, 0) is 55.0 Å². The summed E-state index contributed by atoms with van der Waals surface area (Å²) in [6.45, 7) is 1.64. The maximum atomic E-state index is 12.8. The Morgan fingerprint density at radius 2 is 1.50 bits per heavy atom. The van der Waals surface area contributed by atoms with Gasteiger partial charge in [0, 0.05) is 0 Å². The number of rotatable bonds is 8. The second kappa shape index (κ2) is 10.6. The highest BCUT2D eigenvalue weighted by Gasteiger charge is 2.18. The smallest absolute Gasteiger partial charge is 0.419 e. The van der Waals surface area contributed by atoms with E-state index < -0.39 is 6.09 Å². The summed E-state index contributed by atoms with van der Waals surface area (Å²) in [5.41, 5.74) is 2.34. The summed E-state index contributed by atoms with van der Waals surface area (Å²) in [5, 5.41) is 0. The number of carbonyl (C=O) groups is 2. The summed E-state index contributed by atoms with van der Waals surface area (Å²) >= 11 is 0. The Kier molecular flexibility index (Phi) is 7.39. The van der Waals surface area contributed by atoms with Gasteiger partial charge in [-0.1, -0.05) is 54.6 Å². The molecule has 0 aromatic heterocycles. The molecule has 0 heterocycles. The molecule has 3 aromatic rings. The van der Waals surface area contributed by atoms with E-state index in [1.807, 2.05) is 84.9 Å². The van der Waals surface area contributed by atoms with Crippen molar-refractivity contribution in [3.05, 3.63) is 96.6 Å². The van der Waals surface area contributed by atoms with E-state index in [1.54, 1.807) is 12.1 Å². The van der Waals surface area contributed by atoms with Crippen molar-refractivity contribution in [1.82, 2.24) is 0 Å². The molecule has 152 valence electrons. The summed E-state index contributed by atoms with van der Waals surface area (Å²) in [6, 6.07) is 26.1. The van der Waals surface area contributed by atoms with Gasteiger partial charge in [-0.15, -0.1) is 0 Å². The summed E-state index contributed by atoms with van der Waals surface area (Å²) in [7, 11) is 0. The Morgan fingerprint density at radius 1 is 0.867 bits per heavy atom. The fourth-order valence-corrected chi connectivity index (χ4v) is 2.78. The van der Waals surface area contributed by atoms with Crippen molar-refractivity contribution in [2.75, 3.05) is 18.1 Å². The molecule has 0 aliphatic heterocycles. The van der Waals surface area contributed by atoms with Crippen molar-refractivity contribution in [2.24, 2.45) is 0 Å². The van der Waals surface area contributed by atoms with Crippen LogP contribution in [-0.2, 0) is 9.53 Å². The van der Waals surface area contributed by atoms with E-state index in [1.165, 1.54) is 11.8 Å². The molecule has 0 atom stereocenters. The van der Waals surface area contributed by atoms with E-state index in [0.717, 1.165) is 16.9 Å². The van der Waals surface area contributed by atoms with Crippen LogP contribution < -0.4 is 9.64 Å². The van der Waals surface area contributed by atoms with Gasteiger partial charge < -0.3 is 9.47 Å². The molecule has 0 fully saturated rings. The van der Waals surface area contributed by atoms with Gasteiger partial charge >= 0.3 is 6.09 Å². The molecular weight excluding hydrogens is 378 g/mol. The molecule has 0 saturated heterocycles. The number of hydrogen-bond donors (Lipinski definition) is 0. The number of Topliss-reactive ketones (excluding diaryl/α,β-unsaturated/α-hetero) is 1. The van der Waals surface area contributed by atoms with Gasteiger partial charge in [0.1, 0.15) is 19.0 Å². The van der Waals surface area contributed by atoms with Crippen molar-refractivity contribution >= 4 is 29.3 Å². The molecule has 5 nitrogen and oxygen atoms in total. The van der Waals surface area contributed by atoms with Gasteiger partial charge in [-0.3, -0.25) is 4.79 Å². The van der Waals surface area contributed by atoms with Gasteiger partial charge in [0.15, 0.2) is 5.78 Å². The molecule has 0 saturated carbocycles. The van der Waals surface area contributed by atoms with Crippen molar-refractivity contribution < 1.29 is 19.1 Å². The van der Waals surface area contributed by atoms with E-state index >= 15 is 0 Å². The molecule has 30 heavy (non-hydrogen) atoms. The third-order valence-electron chi connectivity index (χ3n) is 4.12. The summed E-state index contributed by atoms with van der Waals surface area (Å²) in [5.74, 6) is 0.577. The maximum absolute atomic E-state index is 12.8. The Labute approximate surface area is 176 Å². The van der Waals surface area contributed by atoms with Crippen LogP contribution in [0.5, 0.6) is 5.75 Å². The molecule has 0 unspecified atom stereocenters. The fraction of sp³-hybridized carbons (Fsp3) is 0.120. The average Bonchev–Trinajstić information content (AvgIpc) is 2.77. The minimum Gasteiger partial charge on any atom is -0.486 e. The molecule has 0 aliphatic carbocycles. The van der Waals surface area contributed by atoms with Gasteiger partial charge in [0.05, 0.1) is 11.4 Å². The largest absolute Gasteiger partial charge is 0.486 e. The minimum absolute atomic E-state index is 0.0377. The standard InChI is InChI=1S/C25H23NO4/c1-20(27)19-30-24-16-8-10-21(18-24)11-9-17-29-25(28)26(22-12-4-2-5-13-22)23-14-6-3-7-15-23/h2-16,18H,17,19H2,1H3/b11-9-. The number of anilines is 2. The number of amides is 1. The van der Waals surface area contributed by atoms with Crippen LogP contribution in [0.4, 0.5) is 16.2 Å². The molecule has 0 radical (unpaired) electrons. The van der Waals surface area contributed by atoms with Crippen LogP contribution >= 0.6 is 0 Å². The third-order valence-corrected chi connectivity index (χ3v) is 4.12. The average molecular weight is 401 g/mol. The van der Waals surface area contributed by atoms with Crippen LogP contribution in [0, 0.1) is 0 Å². The normalized spacial score (nSPS) is 10.6. The van der Waals surface area contributed by atoms with Crippen LogP contribution in [0.15, 0.2) is 91.0 Å². The molecule has 3 rings (SSSR count). The maximum Gasteiger partial charge on any atom is 0.419 e. The van der Waals surface area contributed by atoms with Crippen LogP contribution in [0.3, 0.4) is 0 Å². The first-order chi connectivity index (χ1) is 14.6. The van der Waals surface area contributed by atoms with Crippen molar-refractivity contribution in [3.8, 4) is 5.75 Å². The molecule has 0 N–H and O–H groups in total. The zero-order valence-electron chi connectivity index (χ0n) is 16.7. The van der Waals surface area contributed by atoms with E-state index in [0.29, 0.717) is 5.75 Å². The Bertz CT molecular complexity index is 960. The van der Waals surface area contributed by atoms with Crippen LogP contribution in [-0.4, -0.2) is 25.1 Å². The van der Waals surface area contributed by atoms with Gasteiger partial charge in [0.25, 0.3) is 0 Å². The second-order valence-corrected chi connectivity index (χ2v) is 6.55. The molecular formula is C25H23NO4. The van der Waals surface area contributed by atoms with E-state index in [2.05, 4.69) is 0 Å². The first-order valence-corrected chi connectivity index (χ1v) is 9.59. The number of nitrogens with zero attached hydrogens (tertiary/aromatic N) is 1. The topological polar surface area (TPSA) is 55.8 Å². The number of ketones is 1. The van der Waals surface area contributed by atoms with Gasteiger partial charge in [0.2, 0.25) is 0 Å². The summed E-state index contributed by atoms with van der Waals surface area (Å²) in [4.78, 5) is 25.4. The predicted octanol–water partition coefficient (Wildman–Crippen LogP) is 5.64.